The number of aromatic nitrogens is 5. The SMILES string of the molecule is CCNc1nc(NCC)n2c(SCC3=NC(=O)C4C=CC=CC4=N3)nnc2n1. The number of carbonyl (C=O) groups excluding carboxylic acids is 1. The van der Waals surface area contributed by atoms with Crippen LogP contribution in [0, 0.1) is 5.92 Å². The molecule has 28 heavy (non-hydrogen) atoms. The lowest BCUT2D eigenvalue weighted by atomic mass is 9.97. The van der Waals surface area contributed by atoms with Gasteiger partial charge < -0.3 is 10.6 Å². The first-order chi connectivity index (χ1) is 13.7. The third-order valence-corrected chi connectivity index (χ3v) is 4.93. The van der Waals surface area contributed by atoms with Gasteiger partial charge in [-0.3, -0.25) is 4.79 Å². The number of amides is 1. The zero-order valence-corrected chi connectivity index (χ0v) is 16.3. The highest BCUT2D eigenvalue weighted by atomic mass is 32.2. The normalized spacial score (nSPS) is 18.1. The molecule has 0 bridgehead atoms. The molecule has 0 saturated heterocycles. The highest BCUT2D eigenvalue weighted by Gasteiger charge is 2.26. The smallest absolute Gasteiger partial charge is 0.261 e. The number of hydrogen-bond donors (Lipinski definition) is 2. The van der Waals surface area contributed by atoms with E-state index in [0.717, 1.165) is 5.71 Å². The van der Waals surface area contributed by atoms with Crippen molar-refractivity contribution < 1.29 is 4.79 Å². The number of amidine groups is 1. The quantitative estimate of drug-likeness (QED) is 0.676. The maximum absolute atomic E-state index is 12.2. The average molecular weight is 397 g/mol. The molecule has 11 heteroatoms. The maximum Gasteiger partial charge on any atom is 0.261 e. The van der Waals surface area contributed by atoms with Gasteiger partial charge in [-0.05, 0) is 19.9 Å². The molecule has 1 amide bonds. The largest absolute Gasteiger partial charge is 0.355 e. The van der Waals surface area contributed by atoms with Crippen LogP contribution in [0.3, 0.4) is 0 Å². The molecule has 1 unspecified atom stereocenters. The summed E-state index contributed by atoms with van der Waals surface area (Å²) in [6.45, 7) is 5.35. The summed E-state index contributed by atoms with van der Waals surface area (Å²) in [5, 5.41) is 15.3. The molecule has 0 spiro atoms. The number of allylic oxidation sites excluding steroid dienone is 3. The van der Waals surface area contributed by atoms with Crippen LogP contribution in [-0.4, -0.2) is 60.9 Å². The molecular weight excluding hydrogens is 378 g/mol. The minimum atomic E-state index is -0.370. The van der Waals surface area contributed by atoms with Gasteiger partial charge in [0.15, 0.2) is 5.16 Å². The zero-order chi connectivity index (χ0) is 19.5. The summed E-state index contributed by atoms with van der Waals surface area (Å²) < 4.78 is 1.75. The molecule has 0 saturated carbocycles. The van der Waals surface area contributed by atoms with Crippen LogP contribution in [0.2, 0.25) is 0 Å². The third kappa shape index (κ3) is 3.52. The molecule has 2 aromatic rings. The Morgan fingerprint density at radius 3 is 2.79 bits per heavy atom. The van der Waals surface area contributed by atoms with Crippen LogP contribution in [0.4, 0.5) is 11.9 Å². The van der Waals surface area contributed by atoms with Crippen molar-refractivity contribution in [1.82, 2.24) is 24.6 Å². The van der Waals surface area contributed by atoms with Crippen LogP contribution < -0.4 is 10.6 Å². The predicted molar refractivity (Wildman–Crippen MR) is 109 cm³/mol. The summed E-state index contributed by atoms with van der Waals surface area (Å²) in [7, 11) is 0. The van der Waals surface area contributed by atoms with Crippen LogP contribution in [0.5, 0.6) is 0 Å². The lowest BCUT2D eigenvalue weighted by Gasteiger charge is -2.17. The molecule has 4 rings (SSSR count). The molecule has 2 aliphatic rings. The van der Waals surface area contributed by atoms with Crippen molar-refractivity contribution in [1.29, 1.82) is 0 Å². The second kappa shape index (κ2) is 7.89. The van der Waals surface area contributed by atoms with Gasteiger partial charge in [-0.2, -0.15) is 15.0 Å². The number of carbonyl (C=O) groups is 1. The summed E-state index contributed by atoms with van der Waals surface area (Å²) in [5.41, 5.74) is 0.719. The van der Waals surface area contributed by atoms with E-state index in [2.05, 4.69) is 40.8 Å². The highest BCUT2D eigenvalue weighted by Crippen LogP contribution is 2.23. The van der Waals surface area contributed by atoms with Gasteiger partial charge in [-0.15, -0.1) is 10.2 Å². The number of rotatable bonds is 7. The molecule has 1 atom stereocenters. The first-order valence-electron chi connectivity index (χ1n) is 8.98. The molecule has 2 aromatic heterocycles. The fraction of sp³-hybridized carbons (Fsp3) is 0.353. The number of nitrogens with one attached hydrogen (secondary N) is 2. The van der Waals surface area contributed by atoms with E-state index in [1.54, 1.807) is 4.40 Å². The fourth-order valence-electron chi connectivity index (χ4n) is 2.81. The van der Waals surface area contributed by atoms with Gasteiger partial charge in [0.2, 0.25) is 11.9 Å². The number of thioether (sulfide) groups is 1. The lowest BCUT2D eigenvalue weighted by molar-refractivity contribution is -0.118. The summed E-state index contributed by atoms with van der Waals surface area (Å²) in [5.74, 6) is 1.83. The number of anilines is 2. The van der Waals surface area contributed by atoms with Crippen LogP contribution in [-0.2, 0) is 4.79 Å². The van der Waals surface area contributed by atoms with Crippen molar-refractivity contribution in [3.63, 3.8) is 0 Å². The Morgan fingerprint density at radius 1 is 1.11 bits per heavy atom. The van der Waals surface area contributed by atoms with Crippen molar-refractivity contribution in [2.45, 2.75) is 19.0 Å². The first-order valence-corrected chi connectivity index (χ1v) is 9.96. The van der Waals surface area contributed by atoms with Gasteiger partial charge in [0.25, 0.3) is 11.7 Å². The van der Waals surface area contributed by atoms with Crippen molar-refractivity contribution >= 4 is 46.9 Å². The number of aliphatic imine (C=N–C) groups is 2. The number of hydrogen-bond acceptors (Lipinski definition) is 9. The molecule has 1 aliphatic carbocycles. The van der Waals surface area contributed by atoms with Gasteiger partial charge in [-0.1, -0.05) is 30.0 Å². The van der Waals surface area contributed by atoms with E-state index >= 15 is 0 Å². The van der Waals surface area contributed by atoms with Crippen molar-refractivity contribution in [3.8, 4) is 0 Å². The maximum atomic E-state index is 12.2. The molecule has 144 valence electrons. The van der Waals surface area contributed by atoms with Crippen LogP contribution in [0.15, 0.2) is 39.4 Å². The molecule has 0 fully saturated rings. The van der Waals surface area contributed by atoms with Gasteiger partial charge in [0.05, 0.1) is 11.5 Å². The van der Waals surface area contributed by atoms with E-state index in [4.69, 9.17) is 0 Å². The predicted octanol–water partition coefficient (Wildman–Crippen LogP) is 1.60. The van der Waals surface area contributed by atoms with Crippen molar-refractivity contribution in [3.05, 3.63) is 24.3 Å². The van der Waals surface area contributed by atoms with Crippen molar-refractivity contribution in [2.24, 2.45) is 15.9 Å². The van der Waals surface area contributed by atoms with E-state index in [1.165, 1.54) is 11.8 Å². The Balaban J connectivity index is 1.58. The van der Waals surface area contributed by atoms with Gasteiger partial charge in [0, 0.05) is 13.1 Å². The summed E-state index contributed by atoms with van der Waals surface area (Å²) in [6, 6.07) is 0. The molecule has 2 N–H and O–H groups in total. The van der Waals surface area contributed by atoms with Gasteiger partial charge in [0.1, 0.15) is 11.8 Å². The van der Waals surface area contributed by atoms with Gasteiger partial charge >= 0.3 is 0 Å². The Morgan fingerprint density at radius 2 is 1.96 bits per heavy atom. The molecule has 1 aliphatic heterocycles. The number of fused-ring (bicyclic) bond motifs is 2. The van der Waals surface area contributed by atoms with E-state index in [-0.39, 0.29) is 11.8 Å². The van der Waals surface area contributed by atoms with E-state index in [1.807, 2.05) is 38.2 Å². The standard InChI is InChI=1S/C17H19N9OS/c1-3-18-14-22-15(19-4-2)26-16(23-14)24-25-17(26)28-9-12-20-11-8-6-5-7-10(11)13(27)21-12/h5-8,10H,3-4,9H2,1-2H3,(H2,18,19,22,23,24). The van der Waals surface area contributed by atoms with Crippen LogP contribution in [0.1, 0.15) is 13.8 Å². The number of nitrogens with zero attached hydrogens (tertiary/aromatic N) is 7. The molecule has 0 radical (unpaired) electrons. The Kier molecular flexibility index (Phi) is 5.15. The third-order valence-electron chi connectivity index (χ3n) is 4.01. The van der Waals surface area contributed by atoms with Crippen molar-refractivity contribution in [2.75, 3.05) is 29.5 Å². The molecule has 0 aromatic carbocycles. The summed E-state index contributed by atoms with van der Waals surface area (Å²) in [6.07, 6.45) is 7.35. The zero-order valence-electron chi connectivity index (χ0n) is 15.5. The second-order valence-electron chi connectivity index (χ2n) is 5.96. The first kappa shape index (κ1) is 18.3. The monoisotopic (exact) mass is 397 g/mol. The Bertz CT molecular complexity index is 1040. The highest BCUT2D eigenvalue weighted by molar-refractivity contribution is 7.99. The minimum absolute atomic E-state index is 0.195. The summed E-state index contributed by atoms with van der Waals surface area (Å²) >= 11 is 1.38. The van der Waals surface area contributed by atoms with E-state index < -0.39 is 0 Å². The second-order valence-corrected chi connectivity index (χ2v) is 6.91. The van der Waals surface area contributed by atoms with E-state index in [0.29, 0.717) is 47.5 Å². The Labute approximate surface area is 165 Å². The Hall–Kier alpha value is -3.08. The minimum Gasteiger partial charge on any atom is -0.355 e. The average Bonchev–Trinajstić information content (AvgIpc) is 3.10. The summed E-state index contributed by atoms with van der Waals surface area (Å²) in [4.78, 5) is 29.7. The van der Waals surface area contributed by atoms with E-state index in [9.17, 15) is 4.79 Å². The van der Waals surface area contributed by atoms with Crippen LogP contribution >= 0.6 is 11.8 Å². The molecule has 3 heterocycles. The molecular formula is C17H19N9OS. The molecule has 10 nitrogen and oxygen atoms in total. The lowest BCUT2D eigenvalue weighted by Crippen LogP contribution is -2.27. The topological polar surface area (TPSA) is 122 Å². The fourth-order valence-corrected chi connectivity index (χ4v) is 3.59. The van der Waals surface area contributed by atoms with Gasteiger partial charge in [-0.25, -0.2) is 9.39 Å². The van der Waals surface area contributed by atoms with Crippen LogP contribution in [0.25, 0.3) is 5.78 Å².